The number of esters is 1. The van der Waals surface area contributed by atoms with Gasteiger partial charge in [0.25, 0.3) is 0 Å². The van der Waals surface area contributed by atoms with Crippen LogP contribution < -0.4 is 0 Å². The molecule has 0 spiro atoms. The molecule has 3 heteroatoms. The van der Waals surface area contributed by atoms with Crippen LogP contribution in [0.25, 0.3) is 0 Å². The van der Waals surface area contributed by atoms with Crippen molar-refractivity contribution in [1.29, 1.82) is 0 Å². The zero-order valence-corrected chi connectivity index (χ0v) is 7.27. The molecule has 1 aromatic heterocycles. The smallest absolute Gasteiger partial charge is 0.338 e. The molecule has 0 aromatic carbocycles. The van der Waals surface area contributed by atoms with Crippen LogP contribution >= 0.6 is 0 Å². The van der Waals surface area contributed by atoms with Crippen LogP contribution in [0.5, 0.6) is 0 Å². The van der Waals surface area contributed by atoms with E-state index in [4.69, 9.17) is 4.74 Å². The van der Waals surface area contributed by atoms with Crippen LogP contribution in [0.2, 0.25) is 0 Å². The number of carbonyl (C=O) groups excluding carboxylic acids is 1. The minimum atomic E-state index is -0.241. The van der Waals surface area contributed by atoms with Crippen LogP contribution in [0.15, 0.2) is 24.5 Å². The van der Waals surface area contributed by atoms with Gasteiger partial charge in [-0.2, -0.15) is 0 Å². The van der Waals surface area contributed by atoms with E-state index in [1.54, 1.807) is 24.5 Å². The highest BCUT2D eigenvalue weighted by molar-refractivity contribution is 5.89. The van der Waals surface area contributed by atoms with Gasteiger partial charge in [-0.05, 0) is 30.9 Å². The molecule has 0 amide bonds. The third-order valence-electron chi connectivity index (χ3n) is 2.06. The first kappa shape index (κ1) is 8.23. The summed E-state index contributed by atoms with van der Waals surface area (Å²) in [5, 5.41) is 0. The van der Waals surface area contributed by atoms with Crippen LogP contribution in [0.3, 0.4) is 0 Å². The molecule has 0 bridgehead atoms. The van der Waals surface area contributed by atoms with Crippen molar-refractivity contribution in [2.75, 3.05) is 6.61 Å². The molecule has 1 aliphatic rings. The molecule has 0 saturated heterocycles. The third kappa shape index (κ3) is 2.28. The predicted octanol–water partition coefficient (Wildman–Crippen LogP) is 1.65. The van der Waals surface area contributed by atoms with Crippen molar-refractivity contribution >= 4 is 5.97 Å². The Bertz CT molecular complexity index is 293. The normalized spacial score (nSPS) is 15.4. The summed E-state index contributed by atoms with van der Waals surface area (Å²) in [6.07, 6.45) is 5.58. The van der Waals surface area contributed by atoms with Gasteiger partial charge in [0, 0.05) is 12.4 Å². The van der Waals surface area contributed by atoms with Crippen molar-refractivity contribution in [2.45, 2.75) is 12.8 Å². The number of hydrogen-bond acceptors (Lipinski definition) is 3. The quantitative estimate of drug-likeness (QED) is 0.659. The first-order valence-electron chi connectivity index (χ1n) is 4.43. The van der Waals surface area contributed by atoms with E-state index in [2.05, 4.69) is 4.98 Å². The molecule has 2 rings (SSSR count). The lowest BCUT2D eigenvalue weighted by molar-refractivity contribution is 0.0486. The van der Waals surface area contributed by atoms with Gasteiger partial charge >= 0.3 is 5.97 Å². The summed E-state index contributed by atoms with van der Waals surface area (Å²) in [5.41, 5.74) is 0.579. The zero-order chi connectivity index (χ0) is 9.10. The number of nitrogens with zero attached hydrogens (tertiary/aromatic N) is 1. The Labute approximate surface area is 76.7 Å². The van der Waals surface area contributed by atoms with Gasteiger partial charge in [0.1, 0.15) is 0 Å². The van der Waals surface area contributed by atoms with Crippen molar-refractivity contribution < 1.29 is 9.53 Å². The van der Waals surface area contributed by atoms with Crippen LogP contribution in [0.4, 0.5) is 0 Å². The maximum atomic E-state index is 11.3. The molecule has 0 aliphatic heterocycles. The van der Waals surface area contributed by atoms with Crippen LogP contribution in [0.1, 0.15) is 23.2 Å². The second kappa shape index (κ2) is 3.56. The summed E-state index contributed by atoms with van der Waals surface area (Å²) in [6, 6.07) is 3.32. The third-order valence-corrected chi connectivity index (χ3v) is 2.06. The summed E-state index contributed by atoms with van der Waals surface area (Å²) >= 11 is 0. The molecule has 68 valence electrons. The topological polar surface area (TPSA) is 39.2 Å². The van der Waals surface area contributed by atoms with E-state index < -0.39 is 0 Å². The Morgan fingerprint density at radius 2 is 2.15 bits per heavy atom. The van der Waals surface area contributed by atoms with E-state index in [1.807, 2.05) is 0 Å². The van der Waals surface area contributed by atoms with Crippen molar-refractivity contribution in [3.05, 3.63) is 30.1 Å². The van der Waals surface area contributed by atoms with Crippen LogP contribution in [0, 0.1) is 5.92 Å². The number of aromatic nitrogens is 1. The average molecular weight is 177 g/mol. The molecule has 1 saturated carbocycles. The van der Waals surface area contributed by atoms with E-state index >= 15 is 0 Å². The molecule has 1 heterocycles. The summed E-state index contributed by atoms with van der Waals surface area (Å²) in [6.45, 7) is 0.571. The van der Waals surface area contributed by atoms with Gasteiger partial charge in [-0.3, -0.25) is 4.98 Å². The Balaban J connectivity index is 1.89. The number of pyridine rings is 1. The maximum absolute atomic E-state index is 11.3. The lowest BCUT2D eigenvalue weighted by atomic mass is 10.3. The van der Waals surface area contributed by atoms with E-state index in [9.17, 15) is 4.79 Å². The second-order valence-electron chi connectivity index (χ2n) is 3.28. The second-order valence-corrected chi connectivity index (χ2v) is 3.28. The van der Waals surface area contributed by atoms with E-state index in [0.29, 0.717) is 18.1 Å². The van der Waals surface area contributed by atoms with Crippen LogP contribution in [-0.4, -0.2) is 17.6 Å². The van der Waals surface area contributed by atoms with Crippen molar-refractivity contribution in [3.8, 4) is 0 Å². The van der Waals surface area contributed by atoms with Gasteiger partial charge < -0.3 is 4.74 Å². The minimum Gasteiger partial charge on any atom is -0.462 e. The molecule has 1 aromatic rings. The lowest BCUT2D eigenvalue weighted by Gasteiger charge is -2.02. The largest absolute Gasteiger partial charge is 0.462 e. The highest BCUT2D eigenvalue weighted by Crippen LogP contribution is 2.28. The maximum Gasteiger partial charge on any atom is 0.338 e. The lowest BCUT2D eigenvalue weighted by Crippen LogP contribution is -2.07. The average Bonchev–Trinajstić information content (AvgIpc) is 2.99. The summed E-state index contributed by atoms with van der Waals surface area (Å²) < 4.78 is 5.09. The molecule has 0 atom stereocenters. The predicted molar refractivity (Wildman–Crippen MR) is 47.2 cm³/mol. The fourth-order valence-electron chi connectivity index (χ4n) is 1.05. The van der Waals surface area contributed by atoms with Gasteiger partial charge in [0.05, 0.1) is 12.2 Å². The molecule has 13 heavy (non-hydrogen) atoms. The van der Waals surface area contributed by atoms with Gasteiger partial charge in [-0.15, -0.1) is 0 Å². The van der Waals surface area contributed by atoms with Gasteiger partial charge in [0.15, 0.2) is 0 Å². The SMILES string of the molecule is O=C(OCC1CC1)c1ccncc1. The van der Waals surface area contributed by atoms with Gasteiger partial charge in [-0.25, -0.2) is 4.79 Å². The number of rotatable bonds is 3. The first-order chi connectivity index (χ1) is 6.36. The summed E-state index contributed by atoms with van der Waals surface area (Å²) in [5.74, 6) is 0.375. The number of carbonyl (C=O) groups is 1. The Hall–Kier alpha value is -1.38. The van der Waals surface area contributed by atoms with Crippen molar-refractivity contribution in [3.63, 3.8) is 0 Å². The van der Waals surface area contributed by atoms with Crippen molar-refractivity contribution in [1.82, 2.24) is 4.98 Å². The van der Waals surface area contributed by atoms with Gasteiger partial charge in [-0.1, -0.05) is 0 Å². The monoisotopic (exact) mass is 177 g/mol. The first-order valence-corrected chi connectivity index (χ1v) is 4.43. The minimum absolute atomic E-state index is 0.241. The Morgan fingerprint density at radius 1 is 1.46 bits per heavy atom. The zero-order valence-electron chi connectivity index (χ0n) is 7.27. The molecule has 0 N–H and O–H groups in total. The molecule has 1 aliphatic carbocycles. The standard InChI is InChI=1S/C10H11NO2/c12-10(13-7-8-1-2-8)9-3-5-11-6-4-9/h3-6,8H,1-2,7H2. The Morgan fingerprint density at radius 3 is 2.77 bits per heavy atom. The van der Waals surface area contributed by atoms with E-state index in [-0.39, 0.29) is 5.97 Å². The molecule has 3 nitrogen and oxygen atoms in total. The molecule has 0 radical (unpaired) electrons. The molecular weight excluding hydrogens is 166 g/mol. The molecule has 0 unspecified atom stereocenters. The fourth-order valence-corrected chi connectivity index (χ4v) is 1.05. The fraction of sp³-hybridized carbons (Fsp3) is 0.400. The summed E-state index contributed by atoms with van der Waals surface area (Å²) in [7, 11) is 0. The molecule has 1 fully saturated rings. The van der Waals surface area contributed by atoms with Crippen molar-refractivity contribution in [2.24, 2.45) is 5.92 Å². The molecular formula is C10H11NO2. The highest BCUT2D eigenvalue weighted by Gasteiger charge is 2.23. The van der Waals surface area contributed by atoms with E-state index in [1.165, 1.54) is 12.8 Å². The Kier molecular flexibility index (Phi) is 2.25. The van der Waals surface area contributed by atoms with Crippen LogP contribution in [-0.2, 0) is 4.74 Å². The highest BCUT2D eigenvalue weighted by atomic mass is 16.5. The number of hydrogen-bond donors (Lipinski definition) is 0. The summed E-state index contributed by atoms with van der Waals surface area (Å²) in [4.78, 5) is 15.2. The number of ether oxygens (including phenoxy) is 1. The van der Waals surface area contributed by atoms with Gasteiger partial charge in [0.2, 0.25) is 0 Å². The van der Waals surface area contributed by atoms with E-state index in [0.717, 1.165) is 0 Å².